The molecular formula is C10H21NO4S. The van der Waals surface area contributed by atoms with E-state index in [1.54, 1.807) is 0 Å². The maximum absolute atomic E-state index is 11.0. The van der Waals surface area contributed by atoms with Gasteiger partial charge in [0.1, 0.15) is 9.84 Å². The van der Waals surface area contributed by atoms with Gasteiger partial charge in [-0.15, -0.1) is 0 Å². The molecule has 96 valence electrons. The topological polar surface area (TPSA) is 66.8 Å². The van der Waals surface area contributed by atoms with Crippen LogP contribution in [0.25, 0.3) is 0 Å². The molecule has 1 fully saturated rings. The minimum atomic E-state index is -2.86. The fraction of sp³-hybridized carbons (Fsp3) is 1.00. The summed E-state index contributed by atoms with van der Waals surface area (Å²) in [5, 5.41) is 8.62. The van der Waals surface area contributed by atoms with Gasteiger partial charge in [0, 0.05) is 25.9 Å². The van der Waals surface area contributed by atoms with Crippen LogP contribution < -0.4 is 0 Å². The van der Waals surface area contributed by atoms with Crippen LogP contribution in [-0.2, 0) is 14.6 Å². The number of aliphatic hydroxyl groups excluding tert-OH is 1. The maximum Gasteiger partial charge on any atom is 0.148 e. The van der Waals surface area contributed by atoms with Crippen molar-refractivity contribution in [3.05, 3.63) is 0 Å². The molecule has 1 heterocycles. The Hall–Kier alpha value is -0.170. The third kappa shape index (κ3) is 5.79. The van der Waals surface area contributed by atoms with E-state index in [9.17, 15) is 8.42 Å². The molecule has 0 aromatic carbocycles. The van der Waals surface area contributed by atoms with Crippen LogP contribution in [0.15, 0.2) is 0 Å². The molecule has 1 aliphatic rings. The predicted molar refractivity (Wildman–Crippen MR) is 62.2 cm³/mol. The van der Waals surface area contributed by atoms with Crippen molar-refractivity contribution in [1.82, 2.24) is 4.90 Å². The molecule has 0 amide bonds. The van der Waals surface area contributed by atoms with Crippen molar-refractivity contribution in [1.29, 1.82) is 0 Å². The Morgan fingerprint density at radius 3 is 2.50 bits per heavy atom. The fourth-order valence-electron chi connectivity index (χ4n) is 1.81. The molecule has 0 saturated carbocycles. The average molecular weight is 251 g/mol. The highest BCUT2D eigenvalue weighted by Crippen LogP contribution is 2.13. The Morgan fingerprint density at radius 2 is 2.00 bits per heavy atom. The van der Waals surface area contributed by atoms with Crippen LogP contribution in [0, 0.1) is 0 Å². The predicted octanol–water partition coefficient (Wildman–Crippen LogP) is -0.496. The average Bonchev–Trinajstić information content (AvgIpc) is 2.24. The summed E-state index contributed by atoms with van der Waals surface area (Å²) in [6, 6.07) is 0. The number of aliphatic hydroxyl groups is 1. The first-order valence-electron chi connectivity index (χ1n) is 5.64. The summed E-state index contributed by atoms with van der Waals surface area (Å²) in [5.74, 6) is 0.231. The van der Waals surface area contributed by atoms with Gasteiger partial charge >= 0.3 is 0 Å². The van der Waals surface area contributed by atoms with Gasteiger partial charge in [0.25, 0.3) is 0 Å². The van der Waals surface area contributed by atoms with Gasteiger partial charge in [-0.05, 0) is 12.8 Å². The number of ether oxygens (including phenoxy) is 1. The van der Waals surface area contributed by atoms with E-state index in [1.165, 1.54) is 6.26 Å². The summed E-state index contributed by atoms with van der Waals surface area (Å²) in [6.45, 7) is 2.84. The summed E-state index contributed by atoms with van der Waals surface area (Å²) < 4.78 is 27.4. The smallest absolute Gasteiger partial charge is 0.148 e. The number of likely N-dealkylation sites (tertiary alicyclic amines) is 1. The first-order valence-corrected chi connectivity index (χ1v) is 7.70. The number of hydrogen-bond donors (Lipinski definition) is 1. The van der Waals surface area contributed by atoms with E-state index in [0.717, 1.165) is 25.9 Å². The molecule has 0 aliphatic carbocycles. The van der Waals surface area contributed by atoms with Gasteiger partial charge in [-0.3, -0.25) is 0 Å². The highest BCUT2D eigenvalue weighted by molar-refractivity contribution is 7.90. The Labute approximate surface area is 97.3 Å². The Kier molecular flexibility index (Phi) is 5.68. The van der Waals surface area contributed by atoms with Crippen molar-refractivity contribution >= 4 is 9.84 Å². The lowest BCUT2D eigenvalue weighted by molar-refractivity contribution is -0.00672. The first kappa shape index (κ1) is 13.9. The van der Waals surface area contributed by atoms with Crippen molar-refractivity contribution in [2.24, 2.45) is 0 Å². The first-order chi connectivity index (χ1) is 7.51. The third-order valence-electron chi connectivity index (χ3n) is 2.76. The van der Waals surface area contributed by atoms with Gasteiger partial charge in [0.15, 0.2) is 0 Å². The third-order valence-corrected chi connectivity index (χ3v) is 3.68. The van der Waals surface area contributed by atoms with Crippen molar-refractivity contribution in [3.8, 4) is 0 Å². The number of rotatable bonds is 6. The molecule has 1 rings (SSSR count). The summed E-state index contributed by atoms with van der Waals surface area (Å²) in [5.41, 5.74) is 0. The molecule has 5 nitrogen and oxygen atoms in total. The summed E-state index contributed by atoms with van der Waals surface area (Å²) in [6.07, 6.45) is 3.33. The van der Waals surface area contributed by atoms with Gasteiger partial charge in [-0.1, -0.05) is 0 Å². The number of hydrogen-bond acceptors (Lipinski definition) is 5. The molecule has 1 saturated heterocycles. The van der Waals surface area contributed by atoms with Gasteiger partial charge in [-0.2, -0.15) is 0 Å². The normalized spacial score (nSPS) is 20.1. The van der Waals surface area contributed by atoms with Crippen LogP contribution >= 0.6 is 0 Å². The molecule has 0 atom stereocenters. The van der Waals surface area contributed by atoms with Gasteiger partial charge in [0.05, 0.1) is 25.1 Å². The van der Waals surface area contributed by atoms with Crippen LogP contribution in [0.2, 0.25) is 0 Å². The van der Waals surface area contributed by atoms with E-state index < -0.39 is 9.84 Å². The molecule has 0 unspecified atom stereocenters. The number of sulfone groups is 1. The van der Waals surface area contributed by atoms with Crippen LogP contribution in [0.4, 0.5) is 0 Å². The highest BCUT2D eigenvalue weighted by atomic mass is 32.2. The number of piperidine rings is 1. The molecule has 16 heavy (non-hydrogen) atoms. The lowest BCUT2D eigenvalue weighted by Crippen LogP contribution is -2.39. The van der Waals surface area contributed by atoms with Crippen molar-refractivity contribution in [3.63, 3.8) is 0 Å². The monoisotopic (exact) mass is 251 g/mol. The van der Waals surface area contributed by atoms with Crippen molar-refractivity contribution in [2.45, 2.75) is 18.9 Å². The summed E-state index contributed by atoms with van der Waals surface area (Å²) in [4.78, 5) is 2.15. The zero-order chi connectivity index (χ0) is 12.0. The zero-order valence-corrected chi connectivity index (χ0v) is 10.6. The largest absolute Gasteiger partial charge is 0.394 e. The molecule has 0 bridgehead atoms. The van der Waals surface area contributed by atoms with Crippen LogP contribution in [0.3, 0.4) is 0 Å². The molecule has 6 heteroatoms. The van der Waals surface area contributed by atoms with Crippen LogP contribution in [0.1, 0.15) is 12.8 Å². The molecular weight excluding hydrogens is 230 g/mol. The van der Waals surface area contributed by atoms with E-state index in [4.69, 9.17) is 9.84 Å². The van der Waals surface area contributed by atoms with E-state index in [0.29, 0.717) is 13.2 Å². The van der Waals surface area contributed by atoms with Crippen LogP contribution in [0.5, 0.6) is 0 Å². The second-order valence-corrected chi connectivity index (χ2v) is 6.53. The highest BCUT2D eigenvalue weighted by Gasteiger charge is 2.19. The molecule has 1 aliphatic heterocycles. The number of nitrogens with zero attached hydrogens (tertiary/aromatic N) is 1. The molecule has 0 radical (unpaired) electrons. The van der Waals surface area contributed by atoms with Gasteiger partial charge in [-0.25, -0.2) is 8.42 Å². The van der Waals surface area contributed by atoms with Crippen molar-refractivity contribution in [2.75, 3.05) is 44.9 Å². The second-order valence-electron chi connectivity index (χ2n) is 4.27. The lowest BCUT2D eigenvalue weighted by atomic mass is 10.1. The van der Waals surface area contributed by atoms with Gasteiger partial charge in [0.2, 0.25) is 0 Å². The zero-order valence-electron chi connectivity index (χ0n) is 9.76. The second kappa shape index (κ2) is 6.54. The standard InChI is InChI=1S/C10H21NO4S/c1-16(13,14)9-6-11-4-2-10(3-5-11)15-8-7-12/h10,12H,2-9H2,1H3. The Balaban J connectivity index is 2.17. The van der Waals surface area contributed by atoms with E-state index in [1.807, 2.05) is 0 Å². The van der Waals surface area contributed by atoms with E-state index >= 15 is 0 Å². The van der Waals surface area contributed by atoms with Gasteiger partial charge < -0.3 is 14.7 Å². The summed E-state index contributed by atoms with van der Waals surface area (Å²) >= 11 is 0. The lowest BCUT2D eigenvalue weighted by Gasteiger charge is -2.31. The maximum atomic E-state index is 11.0. The Bertz CT molecular complexity index is 283. The fourth-order valence-corrected chi connectivity index (χ4v) is 2.40. The van der Waals surface area contributed by atoms with Crippen molar-refractivity contribution < 1.29 is 18.3 Å². The minimum absolute atomic E-state index is 0.0638. The molecule has 1 N–H and O–H groups in total. The SMILES string of the molecule is CS(=O)(=O)CCN1CCC(OCCO)CC1. The van der Waals surface area contributed by atoms with Crippen LogP contribution in [-0.4, -0.2) is 69.4 Å². The van der Waals surface area contributed by atoms with E-state index in [-0.39, 0.29) is 18.5 Å². The van der Waals surface area contributed by atoms with E-state index in [2.05, 4.69) is 4.90 Å². The summed E-state index contributed by atoms with van der Waals surface area (Å²) in [7, 11) is -2.86. The quantitative estimate of drug-likeness (QED) is 0.689. The molecule has 0 aromatic heterocycles. The Morgan fingerprint density at radius 1 is 1.38 bits per heavy atom. The molecule has 0 aromatic rings. The molecule has 0 spiro atoms. The minimum Gasteiger partial charge on any atom is -0.394 e.